The number of carbonyl (C=O) groups is 1. The molecule has 160 valence electrons. The molecule has 0 saturated carbocycles. The minimum absolute atomic E-state index is 0.0702. The summed E-state index contributed by atoms with van der Waals surface area (Å²) >= 11 is 0. The van der Waals surface area contributed by atoms with Gasteiger partial charge in [0.1, 0.15) is 11.7 Å². The molecule has 1 saturated heterocycles. The Labute approximate surface area is 181 Å². The van der Waals surface area contributed by atoms with Gasteiger partial charge in [0, 0.05) is 13.1 Å². The first kappa shape index (κ1) is 20.8. The van der Waals surface area contributed by atoms with Crippen LogP contribution in [0.2, 0.25) is 0 Å². The maximum absolute atomic E-state index is 13.8. The maximum atomic E-state index is 13.8. The molecule has 2 aromatic carbocycles. The zero-order valence-corrected chi connectivity index (χ0v) is 17.8. The van der Waals surface area contributed by atoms with Crippen LogP contribution in [0.4, 0.5) is 5.82 Å². The fraction of sp³-hybridized carbons (Fsp3) is 0.333. The fourth-order valence-electron chi connectivity index (χ4n) is 4.17. The Kier molecular flexibility index (Phi) is 5.59. The summed E-state index contributed by atoms with van der Waals surface area (Å²) in [6.45, 7) is 5.39. The summed E-state index contributed by atoms with van der Waals surface area (Å²) in [6.07, 6.45) is 4.64. The van der Waals surface area contributed by atoms with E-state index in [1.807, 2.05) is 66.4 Å². The summed E-state index contributed by atoms with van der Waals surface area (Å²) in [4.78, 5) is 30.2. The Morgan fingerprint density at radius 2 is 1.68 bits per heavy atom. The average molecular weight is 418 g/mol. The number of nitro groups is 1. The Bertz CT molecular complexity index is 1070. The molecule has 7 heteroatoms. The largest absolute Gasteiger partial charge is 0.381 e. The van der Waals surface area contributed by atoms with Crippen molar-refractivity contribution in [1.29, 1.82) is 0 Å². The maximum Gasteiger partial charge on any atom is 0.381 e. The molecular formula is C24H26N4O3. The number of hydrogen-bond acceptors (Lipinski definition) is 4. The topological polar surface area (TPSA) is 81.3 Å². The van der Waals surface area contributed by atoms with Gasteiger partial charge in [0.15, 0.2) is 0 Å². The predicted molar refractivity (Wildman–Crippen MR) is 118 cm³/mol. The van der Waals surface area contributed by atoms with E-state index in [4.69, 9.17) is 0 Å². The van der Waals surface area contributed by atoms with Gasteiger partial charge in [0.2, 0.25) is 6.33 Å². The summed E-state index contributed by atoms with van der Waals surface area (Å²) in [6, 6.07) is 17.8. The molecule has 1 aliphatic heterocycles. The lowest BCUT2D eigenvalue weighted by atomic mass is 9.87. The Hall–Kier alpha value is -3.48. The molecule has 1 fully saturated rings. The summed E-state index contributed by atoms with van der Waals surface area (Å²) < 4.78 is 1.57. The first-order valence-corrected chi connectivity index (χ1v) is 10.5. The van der Waals surface area contributed by atoms with E-state index in [0.717, 1.165) is 29.5 Å². The van der Waals surface area contributed by atoms with Crippen molar-refractivity contribution in [2.24, 2.45) is 5.92 Å². The van der Waals surface area contributed by atoms with Crippen LogP contribution in [0.1, 0.15) is 32.3 Å². The third kappa shape index (κ3) is 3.95. The highest BCUT2D eigenvalue weighted by Crippen LogP contribution is 2.33. The fourth-order valence-corrected chi connectivity index (χ4v) is 4.17. The van der Waals surface area contributed by atoms with Gasteiger partial charge in [-0.15, -0.1) is 0 Å². The molecule has 0 aliphatic carbocycles. The second-order valence-corrected chi connectivity index (χ2v) is 8.39. The van der Waals surface area contributed by atoms with E-state index in [9.17, 15) is 14.9 Å². The van der Waals surface area contributed by atoms with Crippen LogP contribution in [0.5, 0.6) is 0 Å². The number of piperidine rings is 1. The summed E-state index contributed by atoms with van der Waals surface area (Å²) in [5.41, 5.74) is 1.77. The van der Waals surface area contributed by atoms with E-state index in [1.54, 1.807) is 4.57 Å². The molecule has 0 radical (unpaired) electrons. The van der Waals surface area contributed by atoms with Crippen molar-refractivity contribution in [3.8, 4) is 11.1 Å². The second-order valence-electron chi connectivity index (χ2n) is 8.39. The van der Waals surface area contributed by atoms with Crippen molar-refractivity contribution in [3.05, 3.63) is 82.8 Å². The van der Waals surface area contributed by atoms with Crippen LogP contribution in [0, 0.1) is 16.0 Å². The van der Waals surface area contributed by atoms with Crippen LogP contribution < -0.4 is 0 Å². The number of amides is 1. The van der Waals surface area contributed by atoms with Crippen molar-refractivity contribution in [2.45, 2.75) is 32.2 Å². The quantitative estimate of drug-likeness (QED) is 0.452. The van der Waals surface area contributed by atoms with Gasteiger partial charge in [0.05, 0.1) is 0 Å². The monoisotopic (exact) mass is 418 g/mol. The van der Waals surface area contributed by atoms with Crippen LogP contribution in [0.3, 0.4) is 0 Å². The van der Waals surface area contributed by atoms with Gasteiger partial charge < -0.3 is 15.0 Å². The number of carbonyl (C=O) groups excluding carboxylic acids is 1. The van der Waals surface area contributed by atoms with E-state index >= 15 is 0 Å². The van der Waals surface area contributed by atoms with Gasteiger partial charge in [-0.25, -0.2) is 0 Å². The standard InChI is InChI=1S/C24H26N4O3/c1-18-12-14-26(15-13-18)23(29)24(2,27-16-22(25-17-27)28(30)31)21-10-8-20(9-11-21)19-6-4-3-5-7-19/h3-11,16-18H,12-15H2,1-2H3. The summed E-state index contributed by atoms with van der Waals surface area (Å²) in [5, 5.41) is 11.2. The van der Waals surface area contributed by atoms with Crippen LogP contribution in [0.25, 0.3) is 11.1 Å². The second kappa shape index (κ2) is 8.34. The summed E-state index contributed by atoms with van der Waals surface area (Å²) in [5.74, 6) is 0.251. The highest BCUT2D eigenvalue weighted by atomic mass is 16.6. The normalized spacial score (nSPS) is 16.6. The molecule has 1 aromatic heterocycles. The first-order valence-electron chi connectivity index (χ1n) is 10.5. The Morgan fingerprint density at radius 1 is 1.06 bits per heavy atom. The summed E-state index contributed by atoms with van der Waals surface area (Å²) in [7, 11) is 0. The van der Waals surface area contributed by atoms with E-state index in [2.05, 4.69) is 11.9 Å². The van der Waals surface area contributed by atoms with Crippen molar-refractivity contribution >= 4 is 11.7 Å². The molecule has 4 rings (SSSR count). The molecule has 1 unspecified atom stereocenters. The lowest BCUT2D eigenvalue weighted by Gasteiger charge is -2.38. The zero-order chi connectivity index (χ0) is 22.0. The molecular weight excluding hydrogens is 392 g/mol. The highest BCUT2D eigenvalue weighted by Gasteiger charge is 2.42. The van der Waals surface area contributed by atoms with Gasteiger partial charge in [-0.3, -0.25) is 9.36 Å². The zero-order valence-electron chi connectivity index (χ0n) is 17.8. The molecule has 2 heterocycles. The molecule has 3 aromatic rings. The van der Waals surface area contributed by atoms with Crippen molar-refractivity contribution < 1.29 is 9.72 Å². The Balaban J connectivity index is 1.74. The first-order chi connectivity index (χ1) is 14.9. The molecule has 0 N–H and O–H groups in total. The Morgan fingerprint density at radius 3 is 2.26 bits per heavy atom. The van der Waals surface area contributed by atoms with Gasteiger partial charge in [-0.05, 0) is 52.3 Å². The third-order valence-corrected chi connectivity index (χ3v) is 6.31. The highest BCUT2D eigenvalue weighted by molar-refractivity contribution is 5.88. The number of likely N-dealkylation sites (tertiary alicyclic amines) is 1. The van der Waals surface area contributed by atoms with Gasteiger partial charge in [-0.1, -0.05) is 61.5 Å². The van der Waals surface area contributed by atoms with Gasteiger partial charge in [-0.2, -0.15) is 0 Å². The SMILES string of the molecule is CC1CCN(C(=O)C(C)(c2ccc(-c3ccccc3)cc2)n2cnc([N+](=O)[O-])c2)CC1. The number of imidazole rings is 1. The van der Waals surface area contributed by atoms with Crippen molar-refractivity contribution in [3.63, 3.8) is 0 Å². The van der Waals surface area contributed by atoms with Crippen LogP contribution in [-0.4, -0.2) is 38.4 Å². The lowest BCUT2D eigenvalue weighted by molar-refractivity contribution is -0.389. The van der Waals surface area contributed by atoms with Crippen LogP contribution in [0.15, 0.2) is 67.1 Å². The number of benzene rings is 2. The molecule has 31 heavy (non-hydrogen) atoms. The number of nitrogens with zero attached hydrogens (tertiary/aromatic N) is 4. The molecule has 0 spiro atoms. The van der Waals surface area contributed by atoms with E-state index < -0.39 is 10.5 Å². The van der Waals surface area contributed by atoms with Crippen LogP contribution >= 0.6 is 0 Å². The van der Waals surface area contributed by atoms with E-state index in [1.165, 1.54) is 12.5 Å². The molecule has 0 bridgehead atoms. The third-order valence-electron chi connectivity index (χ3n) is 6.31. The minimum Gasteiger partial charge on any atom is -0.358 e. The smallest absolute Gasteiger partial charge is 0.358 e. The van der Waals surface area contributed by atoms with E-state index in [-0.39, 0.29) is 11.7 Å². The molecule has 7 nitrogen and oxygen atoms in total. The van der Waals surface area contributed by atoms with Gasteiger partial charge >= 0.3 is 5.82 Å². The van der Waals surface area contributed by atoms with E-state index in [0.29, 0.717) is 19.0 Å². The van der Waals surface area contributed by atoms with Crippen LogP contribution in [-0.2, 0) is 10.3 Å². The predicted octanol–water partition coefficient (Wildman–Crippen LogP) is 4.48. The van der Waals surface area contributed by atoms with Crippen molar-refractivity contribution in [1.82, 2.24) is 14.5 Å². The molecule has 1 amide bonds. The molecule has 1 aliphatic rings. The minimum atomic E-state index is -1.13. The number of aromatic nitrogens is 2. The molecule has 1 atom stereocenters. The number of rotatable bonds is 5. The van der Waals surface area contributed by atoms with Gasteiger partial charge in [0.25, 0.3) is 5.91 Å². The van der Waals surface area contributed by atoms with Crippen molar-refractivity contribution in [2.75, 3.05) is 13.1 Å². The lowest BCUT2D eigenvalue weighted by Crippen LogP contribution is -2.51. The average Bonchev–Trinajstić information content (AvgIpc) is 3.31. The number of hydrogen-bond donors (Lipinski definition) is 0.